The van der Waals surface area contributed by atoms with Gasteiger partial charge in [0, 0.05) is 32.1 Å². The van der Waals surface area contributed by atoms with Crippen LogP contribution in [0.15, 0.2) is 0 Å². The topological polar surface area (TPSA) is 40.6 Å². The van der Waals surface area contributed by atoms with Gasteiger partial charge in [-0.3, -0.25) is 0 Å². The Bertz CT molecular complexity index is 348. The molecule has 1 saturated carbocycles. The largest absolute Gasteiger partial charge is 0.281 e. The summed E-state index contributed by atoms with van der Waals surface area (Å²) in [5.41, 5.74) is 0. The molecule has 0 N–H and O–H groups in total. The molecule has 2 aliphatic rings. The van der Waals surface area contributed by atoms with Gasteiger partial charge in [-0.15, -0.1) is 11.6 Å². The quantitative estimate of drug-likeness (QED) is 0.735. The first-order valence-electron chi connectivity index (χ1n) is 6.34. The molecule has 6 heteroatoms. The van der Waals surface area contributed by atoms with Crippen molar-refractivity contribution in [1.82, 2.24) is 8.61 Å². The van der Waals surface area contributed by atoms with Crippen LogP contribution in [-0.4, -0.2) is 49.1 Å². The maximum atomic E-state index is 12.3. The van der Waals surface area contributed by atoms with Gasteiger partial charge in [-0.25, -0.2) is 0 Å². The molecule has 0 unspecified atom stereocenters. The monoisotopic (exact) mass is 280 g/mol. The number of hydrogen-bond acceptors (Lipinski definition) is 2. The Labute approximate surface area is 109 Å². The average molecular weight is 281 g/mol. The second kappa shape index (κ2) is 5.43. The highest BCUT2D eigenvalue weighted by Gasteiger charge is 2.36. The van der Waals surface area contributed by atoms with Gasteiger partial charge in [-0.05, 0) is 31.6 Å². The van der Waals surface area contributed by atoms with E-state index in [4.69, 9.17) is 11.6 Å². The van der Waals surface area contributed by atoms with Crippen molar-refractivity contribution in [2.75, 3.05) is 26.0 Å². The molecule has 0 aromatic rings. The number of nitrogens with zero attached hydrogens (tertiary/aromatic N) is 2. The smallest absolute Gasteiger partial charge is 0.195 e. The van der Waals surface area contributed by atoms with Crippen molar-refractivity contribution in [1.29, 1.82) is 0 Å². The van der Waals surface area contributed by atoms with Gasteiger partial charge >= 0.3 is 0 Å². The zero-order chi connectivity index (χ0) is 12.5. The van der Waals surface area contributed by atoms with Gasteiger partial charge < -0.3 is 0 Å². The molecule has 0 radical (unpaired) electrons. The van der Waals surface area contributed by atoms with E-state index in [2.05, 4.69) is 0 Å². The van der Waals surface area contributed by atoms with Gasteiger partial charge in [0.2, 0.25) is 0 Å². The zero-order valence-corrected chi connectivity index (χ0v) is 11.9. The summed E-state index contributed by atoms with van der Waals surface area (Å²) in [4.78, 5) is 0. The van der Waals surface area contributed by atoms with E-state index in [1.165, 1.54) is 0 Å². The van der Waals surface area contributed by atoms with Crippen LogP contribution >= 0.6 is 11.6 Å². The third kappa shape index (κ3) is 2.78. The molecule has 0 aromatic heterocycles. The highest BCUT2D eigenvalue weighted by molar-refractivity contribution is 7.86. The Morgan fingerprint density at radius 2 is 1.82 bits per heavy atom. The summed E-state index contributed by atoms with van der Waals surface area (Å²) >= 11 is 5.81. The van der Waals surface area contributed by atoms with Gasteiger partial charge in [0.25, 0.3) is 10.2 Å². The van der Waals surface area contributed by atoms with Crippen LogP contribution in [0.5, 0.6) is 0 Å². The van der Waals surface area contributed by atoms with Crippen molar-refractivity contribution in [3.05, 3.63) is 0 Å². The lowest BCUT2D eigenvalue weighted by Gasteiger charge is -2.39. The van der Waals surface area contributed by atoms with Crippen molar-refractivity contribution in [3.8, 4) is 0 Å². The van der Waals surface area contributed by atoms with Crippen LogP contribution in [0.4, 0.5) is 0 Å². The molecule has 1 aliphatic carbocycles. The normalized spacial score (nSPS) is 25.1. The standard InChI is InChI=1S/C11H21ClN2O2S/c1-13(11-3-2-4-11)17(15,16)14-7-5-10(9-12)6-8-14/h10-11H,2-9H2,1H3. The summed E-state index contributed by atoms with van der Waals surface area (Å²) in [5.74, 6) is 1.13. The Morgan fingerprint density at radius 3 is 2.24 bits per heavy atom. The van der Waals surface area contributed by atoms with Crippen molar-refractivity contribution in [2.45, 2.75) is 38.1 Å². The number of piperidine rings is 1. The SMILES string of the molecule is CN(C1CCC1)S(=O)(=O)N1CCC(CCl)CC1. The molecule has 0 atom stereocenters. The van der Waals surface area contributed by atoms with E-state index in [0.29, 0.717) is 24.9 Å². The predicted molar refractivity (Wildman–Crippen MR) is 69.3 cm³/mol. The fraction of sp³-hybridized carbons (Fsp3) is 1.00. The van der Waals surface area contributed by atoms with Crippen molar-refractivity contribution < 1.29 is 8.42 Å². The van der Waals surface area contributed by atoms with Crippen LogP contribution in [0.25, 0.3) is 0 Å². The number of hydrogen-bond donors (Lipinski definition) is 0. The van der Waals surface area contributed by atoms with E-state index in [-0.39, 0.29) is 6.04 Å². The second-order valence-corrected chi connectivity index (χ2v) is 7.40. The molecule has 1 heterocycles. The van der Waals surface area contributed by atoms with Gasteiger partial charge in [0.05, 0.1) is 0 Å². The molecular weight excluding hydrogens is 260 g/mol. The molecular formula is C11H21ClN2O2S. The van der Waals surface area contributed by atoms with Crippen molar-refractivity contribution >= 4 is 21.8 Å². The van der Waals surface area contributed by atoms with Crippen molar-refractivity contribution in [2.24, 2.45) is 5.92 Å². The van der Waals surface area contributed by atoms with Gasteiger partial charge in [-0.1, -0.05) is 6.42 Å². The summed E-state index contributed by atoms with van der Waals surface area (Å²) in [6, 6.07) is 0.228. The van der Waals surface area contributed by atoms with Crippen LogP contribution in [0.3, 0.4) is 0 Å². The summed E-state index contributed by atoms with van der Waals surface area (Å²) < 4.78 is 27.9. The molecule has 1 saturated heterocycles. The maximum Gasteiger partial charge on any atom is 0.281 e. The van der Waals surface area contributed by atoms with Gasteiger partial charge in [-0.2, -0.15) is 17.0 Å². The summed E-state index contributed by atoms with van der Waals surface area (Å²) in [6.07, 6.45) is 4.95. The Hall–Kier alpha value is 0.160. The molecule has 100 valence electrons. The minimum Gasteiger partial charge on any atom is -0.195 e. The van der Waals surface area contributed by atoms with E-state index in [0.717, 1.165) is 32.1 Å². The van der Waals surface area contributed by atoms with Crippen molar-refractivity contribution in [3.63, 3.8) is 0 Å². The number of rotatable bonds is 4. The molecule has 17 heavy (non-hydrogen) atoms. The van der Waals surface area contributed by atoms with Crippen LogP contribution in [0.1, 0.15) is 32.1 Å². The third-order valence-electron chi connectivity index (χ3n) is 4.07. The van der Waals surface area contributed by atoms with Crippen LogP contribution in [0.2, 0.25) is 0 Å². The fourth-order valence-electron chi connectivity index (χ4n) is 2.42. The zero-order valence-electron chi connectivity index (χ0n) is 10.3. The summed E-state index contributed by atoms with van der Waals surface area (Å²) in [7, 11) is -1.52. The first-order chi connectivity index (χ1) is 8.05. The minimum atomic E-state index is -3.23. The third-order valence-corrected chi connectivity index (χ3v) is 6.55. The molecule has 0 bridgehead atoms. The lowest BCUT2D eigenvalue weighted by atomic mass is 9.94. The van der Waals surface area contributed by atoms with Crippen LogP contribution in [0, 0.1) is 5.92 Å². The Balaban J connectivity index is 1.96. The molecule has 2 rings (SSSR count). The van der Waals surface area contributed by atoms with E-state index in [1.807, 2.05) is 0 Å². The highest BCUT2D eigenvalue weighted by atomic mass is 35.5. The van der Waals surface area contributed by atoms with E-state index in [1.54, 1.807) is 15.7 Å². The molecule has 0 aromatic carbocycles. The first kappa shape index (κ1) is 13.6. The summed E-state index contributed by atoms with van der Waals surface area (Å²) in [5, 5.41) is 0. The maximum absolute atomic E-state index is 12.3. The molecule has 1 aliphatic heterocycles. The average Bonchev–Trinajstić information content (AvgIpc) is 2.27. The number of alkyl halides is 1. The lowest BCUT2D eigenvalue weighted by Crippen LogP contribution is -2.50. The van der Waals surface area contributed by atoms with E-state index < -0.39 is 10.2 Å². The second-order valence-electron chi connectivity index (χ2n) is 5.11. The van der Waals surface area contributed by atoms with E-state index >= 15 is 0 Å². The summed E-state index contributed by atoms with van der Waals surface area (Å²) in [6.45, 7) is 1.24. The van der Waals surface area contributed by atoms with E-state index in [9.17, 15) is 8.42 Å². The van der Waals surface area contributed by atoms with Gasteiger partial charge in [0.1, 0.15) is 0 Å². The molecule has 0 amide bonds. The number of halogens is 1. The fourth-order valence-corrected chi connectivity index (χ4v) is 4.35. The van der Waals surface area contributed by atoms with Gasteiger partial charge in [0.15, 0.2) is 0 Å². The highest BCUT2D eigenvalue weighted by Crippen LogP contribution is 2.28. The molecule has 2 fully saturated rings. The Morgan fingerprint density at radius 1 is 1.24 bits per heavy atom. The lowest BCUT2D eigenvalue weighted by molar-refractivity contribution is 0.216. The minimum absolute atomic E-state index is 0.228. The molecule has 0 spiro atoms. The van der Waals surface area contributed by atoms with Crippen LogP contribution < -0.4 is 0 Å². The predicted octanol–water partition coefficient (Wildman–Crippen LogP) is 1.67. The Kier molecular flexibility index (Phi) is 4.34. The molecule has 4 nitrogen and oxygen atoms in total. The first-order valence-corrected chi connectivity index (χ1v) is 8.28. The van der Waals surface area contributed by atoms with Crippen LogP contribution in [-0.2, 0) is 10.2 Å².